The zero-order valence-corrected chi connectivity index (χ0v) is 9.84. The molecule has 90 valence electrons. The van der Waals surface area contributed by atoms with Crippen LogP contribution in [0.15, 0.2) is 40.8 Å². The Bertz CT molecular complexity index is 732. The molecule has 0 fully saturated rings. The minimum atomic E-state index is 0.104. The number of nitrogen functional groups attached to an aromatic ring is 1. The quantitative estimate of drug-likeness (QED) is 0.506. The van der Waals surface area contributed by atoms with Crippen LogP contribution in [0.3, 0.4) is 0 Å². The first-order valence-corrected chi connectivity index (χ1v) is 5.59. The van der Waals surface area contributed by atoms with E-state index >= 15 is 0 Å². The molecule has 2 aromatic carbocycles. The molecule has 1 heterocycles. The van der Waals surface area contributed by atoms with Crippen LogP contribution < -0.4 is 5.73 Å². The number of phenolic OH excluding ortho intramolecular Hbond substituents is 1. The van der Waals surface area contributed by atoms with Gasteiger partial charge in [-0.1, -0.05) is 6.07 Å². The molecule has 0 aliphatic rings. The Morgan fingerprint density at radius 3 is 2.83 bits per heavy atom. The summed E-state index contributed by atoms with van der Waals surface area (Å²) >= 11 is 0. The van der Waals surface area contributed by atoms with Crippen LogP contribution in [0, 0.1) is 6.92 Å². The van der Waals surface area contributed by atoms with E-state index in [1.54, 1.807) is 12.1 Å². The number of hydrogen-bond acceptors (Lipinski definition) is 4. The Hall–Kier alpha value is -2.49. The van der Waals surface area contributed by atoms with Crippen LogP contribution in [-0.4, -0.2) is 10.1 Å². The molecule has 3 aromatic rings. The fourth-order valence-corrected chi connectivity index (χ4v) is 1.87. The van der Waals surface area contributed by atoms with Crippen LogP contribution in [0.25, 0.3) is 22.6 Å². The average molecular weight is 240 g/mol. The molecule has 0 amide bonds. The van der Waals surface area contributed by atoms with Gasteiger partial charge in [0.1, 0.15) is 11.3 Å². The third-order valence-corrected chi connectivity index (χ3v) is 2.79. The van der Waals surface area contributed by atoms with Crippen molar-refractivity contribution in [1.82, 2.24) is 4.98 Å². The highest BCUT2D eigenvalue weighted by Crippen LogP contribution is 2.32. The lowest BCUT2D eigenvalue weighted by molar-refractivity contribution is 0.474. The van der Waals surface area contributed by atoms with Crippen LogP contribution >= 0.6 is 0 Å². The molecule has 0 atom stereocenters. The third-order valence-electron chi connectivity index (χ3n) is 2.79. The Morgan fingerprint density at radius 2 is 2.00 bits per heavy atom. The van der Waals surface area contributed by atoms with E-state index in [1.165, 1.54) is 6.07 Å². The SMILES string of the molecule is Cc1ccc2nc(-c3cc(N)ccc3O)oc2c1. The monoisotopic (exact) mass is 240 g/mol. The molecule has 3 N–H and O–H groups in total. The molecule has 3 rings (SSSR count). The molecule has 1 aromatic heterocycles. The molecule has 0 spiro atoms. The predicted molar refractivity (Wildman–Crippen MR) is 70.3 cm³/mol. The number of fused-ring (bicyclic) bond motifs is 1. The van der Waals surface area contributed by atoms with E-state index in [0.29, 0.717) is 22.7 Å². The first-order valence-electron chi connectivity index (χ1n) is 5.59. The molecule has 4 heteroatoms. The number of anilines is 1. The number of hydrogen-bond donors (Lipinski definition) is 2. The van der Waals surface area contributed by atoms with Crippen LogP contribution in [0.5, 0.6) is 5.75 Å². The summed E-state index contributed by atoms with van der Waals surface area (Å²) in [5, 5.41) is 9.81. The smallest absolute Gasteiger partial charge is 0.231 e. The van der Waals surface area contributed by atoms with E-state index in [9.17, 15) is 5.11 Å². The van der Waals surface area contributed by atoms with Crippen LogP contribution in [0.1, 0.15) is 5.56 Å². The molecule has 4 nitrogen and oxygen atoms in total. The third kappa shape index (κ3) is 1.68. The molecule has 0 unspecified atom stereocenters. The summed E-state index contributed by atoms with van der Waals surface area (Å²) in [6.45, 7) is 1.99. The Balaban J connectivity index is 2.22. The number of nitrogens with two attached hydrogens (primary N) is 1. The molecular weight excluding hydrogens is 228 g/mol. The van der Waals surface area contributed by atoms with Gasteiger partial charge in [-0.3, -0.25) is 0 Å². The van der Waals surface area contributed by atoms with Crippen molar-refractivity contribution in [3.63, 3.8) is 0 Å². The number of rotatable bonds is 1. The maximum absolute atomic E-state index is 9.81. The topological polar surface area (TPSA) is 72.3 Å². The number of aryl methyl sites for hydroxylation is 1. The van der Waals surface area contributed by atoms with Crippen molar-refractivity contribution in [1.29, 1.82) is 0 Å². The van der Waals surface area contributed by atoms with Gasteiger partial charge in [-0.05, 0) is 42.8 Å². The van der Waals surface area contributed by atoms with Gasteiger partial charge in [0.2, 0.25) is 5.89 Å². The van der Waals surface area contributed by atoms with Gasteiger partial charge in [0, 0.05) is 5.69 Å². The maximum atomic E-state index is 9.81. The molecule has 0 radical (unpaired) electrons. The molecule has 0 aliphatic heterocycles. The molecule has 18 heavy (non-hydrogen) atoms. The summed E-state index contributed by atoms with van der Waals surface area (Å²) in [6.07, 6.45) is 0. The van der Waals surface area contributed by atoms with Crippen molar-refractivity contribution in [2.24, 2.45) is 0 Å². The molecule has 0 bridgehead atoms. The Kier molecular flexibility index (Phi) is 2.23. The summed E-state index contributed by atoms with van der Waals surface area (Å²) in [4.78, 5) is 4.34. The summed E-state index contributed by atoms with van der Waals surface area (Å²) in [6, 6.07) is 10.6. The minimum Gasteiger partial charge on any atom is -0.507 e. The van der Waals surface area contributed by atoms with Gasteiger partial charge in [-0.25, -0.2) is 4.98 Å². The highest BCUT2D eigenvalue weighted by molar-refractivity contribution is 5.78. The lowest BCUT2D eigenvalue weighted by Gasteiger charge is -2.00. The summed E-state index contributed by atoms with van der Waals surface area (Å²) in [5.74, 6) is 0.480. The van der Waals surface area contributed by atoms with Gasteiger partial charge in [-0.2, -0.15) is 0 Å². The summed E-state index contributed by atoms with van der Waals surface area (Å²) in [7, 11) is 0. The van der Waals surface area contributed by atoms with Gasteiger partial charge < -0.3 is 15.3 Å². The van der Waals surface area contributed by atoms with Crippen molar-refractivity contribution in [3.8, 4) is 17.2 Å². The first-order chi connectivity index (χ1) is 8.63. The average Bonchev–Trinajstić information content (AvgIpc) is 2.74. The molecule has 0 saturated carbocycles. The largest absolute Gasteiger partial charge is 0.507 e. The second-order valence-electron chi connectivity index (χ2n) is 4.27. The van der Waals surface area contributed by atoms with Crippen molar-refractivity contribution >= 4 is 16.8 Å². The van der Waals surface area contributed by atoms with Crippen molar-refractivity contribution in [2.45, 2.75) is 6.92 Å². The Labute approximate surface area is 104 Å². The number of benzene rings is 2. The maximum Gasteiger partial charge on any atom is 0.231 e. The zero-order chi connectivity index (χ0) is 12.7. The van der Waals surface area contributed by atoms with Crippen molar-refractivity contribution < 1.29 is 9.52 Å². The fourth-order valence-electron chi connectivity index (χ4n) is 1.87. The zero-order valence-electron chi connectivity index (χ0n) is 9.84. The second-order valence-corrected chi connectivity index (χ2v) is 4.27. The van der Waals surface area contributed by atoms with Gasteiger partial charge in [-0.15, -0.1) is 0 Å². The van der Waals surface area contributed by atoms with Crippen LogP contribution in [0.2, 0.25) is 0 Å². The van der Waals surface area contributed by atoms with Crippen LogP contribution in [-0.2, 0) is 0 Å². The number of phenols is 1. The van der Waals surface area contributed by atoms with Crippen molar-refractivity contribution in [2.75, 3.05) is 5.73 Å². The van der Waals surface area contributed by atoms with Gasteiger partial charge in [0.25, 0.3) is 0 Å². The Morgan fingerprint density at radius 1 is 1.17 bits per heavy atom. The molecule has 0 aliphatic carbocycles. The number of oxazole rings is 1. The van der Waals surface area contributed by atoms with Crippen molar-refractivity contribution in [3.05, 3.63) is 42.0 Å². The second kappa shape index (κ2) is 3.77. The van der Waals surface area contributed by atoms with Crippen LogP contribution in [0.4, 0.5) is 5.69 Å². The number of aromatic nitrogens is 1. The summed E-state index contributed by atoms with van der Waals surface area (Å²) < 4.78 is 5.64. The van der Waals surface area contributed by atoms with E-state index in [4.69, 9.17) is 10.2 Å². The lowest BCUT2D eigenvalue weighted by Crippen LogP contribution is -1.86. The first kappa shape index (κ1) is 10.7. The number of nitrogens with zero attached hydrogens (tertiary/aromatic N) is 1. The van der Waals surface area contributed by atoms with Gasteiger partial charge in [0.05, 0.1) is 5.56 Å². The molecular formula is C14H12N2O2. The molecule has 0 saturated heterocycles. The number of aromatic hydroxyl groups is 1. The highest BCUT2D eigenvalue weighted by atomic mass is 16.3. The van der Waals surface area contributed by atoms with Gasteiger partial charge >= 0.3 is 0 Å². The predicted octanol–water partition coefficient (Wildman–Crippen LogP) is 3.09. The summed E-state index contributed by atoms with van der Waals surface area (Å²) in [5.41, 5.74) is 9.32. The van der Waals surface area contributed by atoms with E-state index in [2.05, 4.69) is 4.98 Å². The van der Waals surface area contributed by atoms with Gasteiger partial charge in [0.15, 0.2) is 5.58 Å². The minimum absolute atomic E-state index is 0.104. The van der Waals surface area contributed by atoms with E-state index in [0.717, 1.165) is 11.1 Å². The van der Waals surface area contributed by atoms with E-state index < -0.39 is 0 Å². The standard InChI is InChI=1S/C14H12N2O2/c1-8-2-4-11-13(6-8)18-14(16-11)10-7-9(15)3-5-12(10)17/h2-7,17H,15H2,1H3. The van der Waals surface area contributed by atoms with E-state index in [-0.39, 0.29) is 5.75 Å². The lowest BCUT2D eigenvalue weighted by atomic mass is 10.2. The normalized spacial score (nSPS) is 10.9. The fraction of sp³-hybridized carbons (Fsp3) is 0.0714. The highest BCUT2D eigenvalue weighted by Gasteiger charge is 2.12. The van der Waals surface area contributed by atoms with E-state index in [1.807, 2.05) is 25.1 Å².